The van der Waals surface area contributed by atoms with Crippen molar-refractivity contribution in [2.24, 2.45) is 4.99 Å². The molecule has 1 amide bonds. The smallest absolute Gasteiger partial charge is 0.253 e. The molecule has 150 valence electrons. The second-order valence-electron chi connectivity index (χ2n) is 6.77. The molecular weight excluding hydrogens is 364 g/mol. The van der Waals surface area contributed by atoms with Gasteiger partial charge in [-0.15, -0.1) is 0 Å². The second-order valence-corrected chi connectivity index (χ2v) is 6.77. The Balaban J connectivity index is 1.58. The standard InChI is InChI=1S/C22H26N6O/c1-23-22(25-14-17-8-10-18(11-9-17)21(29)27(2)3)26-15-19-6-4-5-7-20(19)28-13-12-24-16-28/h4-13,16H,14-15H2,1-3H3,(H2,23,25,26). The summed E-state index contributed by atoms with van der Waals surface area (Å²) in [6.07, 6.45) is 5.48. The van der Waals surface area contributed by atoms with E-state index in [4.69, 9.17) is 0 Å². The summed E-state index contributed by atoms with van der Waals surface area (Å²) in [5.41, 5.74) is 3.97. The number of hydrogen-bond donors (Lipinski definition) is 2. The average Bonchev–Trinajstić information content (AvgIpc) is 3.28. The fraction of sp³-hybridized carbons (Fsp3) is 0.227. The Morgan fingerprint density at radius 1 is 1.07 bits per heavy atom. The first kappa shape index (κ1) is 20.1. The summed E-state index contributed by atoms with van der Waals surface area (Å²) in [6, 6.07) is 15.8. The zero-order chi connectivity index (χ0) is 20.6. The minimum absolute atomic E-state index is 0.00135. The van der Waals surface area contributed by atoms with Crippen molar-refractivity contribution in [3.63, 3.8) is 0 Å². The molecule has 1 aromatic heterocycles. The van der Waals surface area contributed by atoms with Crippen molar-refractivity contribution in [2.45, 2.75) is 13.1 Å². The summed E-state index contributed by atoms with van der Waals surface area (Å²) in [6.45, 7) is 1.24. The number of carbonyl (C=O) groups excluding carboxylic acids is 1. The third kappa shape index (κ3) is 5.22. The van der Waals surface area contributed by atoms with E-state index in [0.29, 0.717) is 24.6 Å². The van der Waals surface area contributed by atoms with Gasteiger partial charge in [-0.25, -0.2) is 4.98 Å². The zero-order valence-corrected chi connectivity index (χ0v) is 17.0. The topological polar surface area (TPSA) is 74.6 Å². The van der Waals surface area contributed by atoms with E-state index < -0.39 is 0 Å². The summed E-state index contributed by atoms with van der Waals surface area (Å²) in [4.78, 5) is 22.0. The molecule has 0 aliphatic carbocycles. The number of aromatic nitrogens is 2. The maximum Gasteiger partial charge on any atom is 0.253 e. The minimum Gasteiger partial charge on any atom is -0.352 e. The Hall–Kier alpha value is -3.61. The Labute approximate surface area is 171 Å². The molecule has 1 heterocycles. The van der Waals surface area contributed by atoms with Crippen LogP contribution in [0.15, 0.2) is 72.2 Å². The fourth-order valence-corrected chi connectivity index (χ4v) is 2.92. The molecule has 7 heteroatoms. The van der Waals surface area contributed by atoms with E-state index in [1.165, 1.54) is 0 Å². The lowest BCUT2D eigenvalue weighted by atomic mass is 10.1. The molecular formula is C22H26N6O. The van der Waals surface area contributed by atoms with E-state index in [0.717, 1.165) is 16.8 Å². The van der Waals surface area contributed by atoms with Crippen LogP contribution < -0.4 is 10.6 Å². The monoisotopic (exact) mass is 390 g/mol. The molecule has 0 unspecified atom stereocenters. The average molecular weight is 390 g/mol. The predicted octanol–water partition coefficient (Wildman–Crippen LogP) is 2.44. The van der Waals surface area contributed by atoms with Crippen LogP contribution in [-0.4, -0.2) is 47.5 Å². The van der Waals surface area contributed by atoms with Gasteiger partial charge in [0.05, 0.1) is 12.0 Å². The van der Waals surface area contributed by atoms with Crippen LogP contribution in [0.25, 0.3) is 5.69 Å². The van der Waals surface area contributed by atoms with Gasteiger partial charge in [0.25, 0.3) is 5.91 Å². The van der Waals surface area contributed by atoms with Crippen molar-refractivity contribution < 1.29 is 4.79 Å². The van der Waals surface area contributed by atoms with Crippen LogP contribution in [0, 0.1) is 0 Å². The molecule has 2 N–H and O–H groups in total. The number of nitrogens with zero attached hydrogens (tertiary/aromatic N) is 4. The molecule has 0 spiro atoms. The van der Waals surface area contributed by atoms with E-state index in [9.17, 15) is 4.79 Å². The lowest BCUT2D eigenvalue weighted by molar-refractivity contribution is 0.0827. The number of carbonyl (C=O) groups is 1. The van der Waals surface area contributed by atoms with E-state index in [2.05, 4.69) is 32.7 Å². The number of imidazole rings is 1. The van der Waals surface area contributed by atoms with E-state index in [1.54, 1.807) is 38.6 Å². The first-order valence-corrected chi connectivity index (χ1v) is 9.40. The number of benzene rings is 2. The highest BCUT2D eigenvalue weighted by molar-refractivity contribution is 5.93. The number of guanidine groups is 1. The van der Waals surface area contributed by atoms with Crippen LogP contribution in [0.4, 0.5) is 0 Å². The van der Waals surface area contributed by atoms with Gasteiger partial charge in [-0.3, -0.25) is 9.79 Å². The van der Waals surface area contributed by atoms with Crippen molar-refractivity contribution >= 4 is 11.9 Å². The van der Waals surface area contributed by atoms with Gasteiger partial charge >= 0.3 is 0 Å². The molecule has 0 atom stereocenters. The van der Waals surface area contributed by atoms with E-state index in [1.807, 2.05) is 47.2 Å². The molecule has 0 aliphatic heterocycles. The largest absolute Gasteiger partial charge is 0.352 e. The SMILES string of the molecule is CN=C(NCc1ccc(C(=O)N(C)C)cc1)NCc1ccccc1-n1ccnc1. The number of aliphatic imine (C=N–C) groups is 1. The lowest BCUT2D eigenvalue weighted by Crippen LogP contribution is -2.36. The third-order valence-electron chi connectivity index (χ3n) is 4.51. The van der Waals surface area contributed by atoms with Crippen LogP contribution in [0.2, 0.25) is 0 Å². The summed E-state index contributed by atoms with van der Waals surface area (Å²) in [5, 5.41) is 6.65. The molecule has 3 rings (SSSR count). The van der Waals surface area contributed by atoms with E-state index >= 15 is 0 Å². The van der Waals surface area contributed by atoms with Gasteiger partial charge in [0.1, 0.15) is 0 Å². The van der Waals surface area contributed by atoms with Gasteiger partial charge < -0.3 is 20.1 Å². The molecule has 0 fully saturated rings. The molecule has 0 bridgehead atoms. The number of rotatable bonds is 6. The van der Waals surface area contributed by atoms with Gasteiger partial charge in [-0.05, 0) is 29.3 Å². The maximum atomic E-state index is 12.0. The van der Waals surface area contributed by atoms with Gasteiger partial charge in [-0.2, -0.15) is 0 Å². The third-order valence-corrected chi connectivity index (χ3v) is 4.51. The van der Waals surface area contributed by atoms with Crippen molar-refractivity contribution in [3.05, 3.63) is 83.9 Å². The molecule has 7 nitrogen and oxygen atoms in total. The minimum atomic E-state index is -0.00135. The Bertz CT molecular complexity index is 961. The van der Waals surface area contributed by atoms with Crippen LogP contribution in [0.1, 0.15) is 21.5 Å². The first-order chi connectivity index (χ1) is 14.1. The zero-order valence-electron chi connectivity index (χ0n) is 17.0. The van der Waals surface area contributed by atoms with Crippen molar-refractivity contribution in [1.29, 1.82) is 0 Å². The lowest BCUT2D eigenvalue weighted by Gasteiger charge is -2.15. The fourth-order valence-electron chi connectivity index (χ4n) is 2.92. The highest BCUT2D eigenvalue weighted by Crippen LogP contribution is 2.13. The van der Waals surface area contributed by atoms with Gasteiger partial charge in [-0.1, -0.05) is 30.3 Å². The van der Waals surface area contributed by atoms with Crippen molar-refractivity contribution in [1.82, 2.24) is 25.1 Å². The normalized spacial score (nSPS) is 11.2. The molecule has 0 radical (unpaired) electrons. The quantitative estimate of drug-likeness (QED) is 0.501. The Morgan fingerprint density at radius 2 is 1.79 bits per heavy atom. The Morgan fingerprint density at radius 3 is 2.45 bits per heavy atom. The second kappa shape index (κ2) is 9.54. The van der Waals surface area contributed by atoms with Gasteiger partial charge in [0.15, 0.2) is 5.96 Å². The predicted molar refractivity (Wildman–Crippen MR) is 115 cm³/mol. The van der Waals surface area contributed by atoms with Gasteiger partial charge in [0, 0.05) is 52.2 Å². The van der Waals surface area contributed by atoms with Gasteiger partial charge in [0.2, 0.25) is 0 Å². The maximum absolute atomic E-state index is 12.0. The van der Waals surface area contributed by atoms with Crippen molar-refractivity contribution in [2.75, 3.05) is 21.1 Å². The number of hydrogen-bond acceptors (Lipinski definition) is 3. The number of para-hydroxylation sites is 1. The summed E-state index contributed by atoms with van der Waals surface area (Å²) >= 11 is 0. The van der Waals surface area contributed by atoms with Crippen molar-refractivity contribution in [3.8, 4) is 5.69 Å². The molecule has 0 saturated heterocycles. The molecule has 0 aliphatic rings. The van der Waals surface area contributed by atoms with Crippen LogP contribution >= 0.6 is 0 Å². The summed E-state index contributed by atoms with van der Waals surface area (Å²) < 4.78 is 1.99. The highest BCUT2D eigenvalue weighted by atomic mass is 16.2. The highest BCUT2D eigenvalue weighted by Gasteiger charge is 2.08. The summed E-state index contributed by atoms with van der Waals surface area (Å²) in [7, 11) is 5.24. The Kier molecular flexibility index (Phi) is 6.63. The molecule has 0 saturated carbocycles. The van der Waals surface area contributed by atoms with Crippen LogP contribution in [0.3, 0.4) is 0 Å². The number of nitrogens with one attached hydrogen (secondary N) is 2. The first-order valence-electron chi connectivity index (χ1n) is 9.40. The van der Waals surface area contributed by atoms with E-state index in [-0.39, 0.29) is 5.91 Å². The molecule has 2 aromatic carbocycles. The van der Waals surface area contributed by atoms with Crippen LogP contribution in [0.5, 0.6) is 0 Å². The number of amides is 1. The molecule has 3 aromatic rings. The summed E-state index contributed by atoms with van der Waals surface area (Å²) in [5.74, 6) is 0.706. The van der Waals surface area contributed by atoms with Crippen LogP contribution in [-0.2, 0) is 13.1 Å². The molecule has 29 heavy (non-hydrogen) atoms.